The number of hydrogen-bond donors (Lipinski definition) is 3. The van der Waals surface area contributed by atoms with Gasteiger partial charge in [0.15, 0.2) is 0 Å². The minimum Gasteiger partial charge on any atom is -0.459 e. The van der Waals surface area contributed by atoms with Crippen LogP contribution in [0.3, 0.4) is 0 Å². The summed E-state index contributed by atoms with van der Waals surface area (Å²) in [6.45, 7) is 17.8. The molecule has 0 spiro atoms. The Kier molecular flexibility index (Phi) is 10.7. The zero-order chi connectivity index (χ0) is 30.1. The van der Waals surface area contributed by atoms with E-state index in [1.165, 1.54) is 31.3 Å². The van der Waals surface area contributed by atoms with Crippen molar-refractivity contribution in [1.29, 1.82) is 0 Å². The lowest BCUT2D eigenvalue weighted by molar-refractivity contribution is -0.156. The molecular weight excluding hydrogens is 512 g/mol. The van der Waals surface area contributed by atoms with Gasteiger partial charge in [0.05, 0.1) is 12.2 Å². The highest BCUT2D eigenvalue weighted by atomic mass is 16.5. The van der Waals surface area contributed by atoms with Gasteiger partial charge < -0.3 is 20.1 Å². The number of aliphatic hydroxyl groups is 3. The number of carbonyl (C=O) groups excluding carboxylic acids is 1. The molecule has 1 unspecified atom stereocenters. The first kappa shape index (κ1) is 32.5. The van der Waals surface area contributed by atoms with Crippen LogP contribution in [0.4, 0.5) is 0 Å². The summed E-state index contributed by atoms with van der Waals surface area (Å²) in [6.07, 6.45) is 13.2. The molecule has 3 N–H and O–H groups in total. The minimum atomic E-state index is -0.573. The molecule has 4 aliphatic rings. The highest BCUT2D eigenvalue weighted by molar-refractivity contribution is 5.89. The van der Waals surface area contributed by atoms with E-state index in [9.17, 15) is 20.1 Å². The van der Waals surface area contributed by atoms with Crippen molar-refractivity contribution in [3.8, 4) is 0 Å². The summed E-state index contributed by atoms with van der Waals surface area (Å²) in [5.74, 6) is 2.36. The first-order valence-corrected chi connectivity index (χ1v) is 16.6. The lowest BCUT2D eigenvalue weighted by atomic mass is 9.60. The number of ether oxygens (including phenoxy) is 1. The fourth-order valence-electron chi connectivity index (χ4n) is 9.46. The average molecular weight is 571 g/mol. The summed E-state index contributed by atoms with van der Waals surface area (Å²) in [4.78, 5) is 12.6. The second kappa shape index (κ2) is 13.5. The largest absolute Gasteiger partial charge is 0.459 e. The van der Waals surface area contributed by atoms with Crippen molar-refractivity contribution in [2.45, 2.75) is 124 Å². The van der Waals surface area contributed by atoms with Gasteiger partial charge in [-0.1, -0.05) is 71.4 Å². The van der Waals surface area contributed by atoms with Crippen molar-refractivity contribution in [2.75, 3.05) is 6.61 Å². The number of carbonyl (C=O) groups is 1. The number of hydrogen-bond acceptors (Lipinski definition) is 5. The Morgan fingerprint density at radius 1 is 1.05 bits per heavy atom. The number of esters is 1. The molecule has 1 aliphatic heterocycles. The maximum atomic E-state index is 12.6. The molecule has 3 aliphatic carbocycles. The maximum absolute atomic E-state index is 12.6. The van der Waals surface area contributed by atoms with Crippen LogP contribution >= 0.6 is 0 Å². The summed E-state index contributed by atoms with van der Waals surface area (Å²) >= 11 is 0. The van der Waals surface area contributed by atoms with E-state index in [-0.39, 0.29) is 41.8 Å². The van der Waals surface area contributed by atoms with Gasteiger partial charge in [-0.05, 0) is 99.2 Å². The smallest absolute Gasteiger partial charge is 0.333 e. The molecule has 41 heavy (non-hydrogen) atoms. The van der Waals surface area contributed by atoms with E-state index >= 15 is 0 Å². The van der Waals surface area contributed by atoms with Crippen LogP contribution < -0.4 is 0 Å². The van der Waals surface area contributed by atoms with Crippen LogP contribution in [-0.2, 0) is 9.53 Å². The second-order valence-electron chi connectivity index (χ2n) is 14.9. The van der Waals surface area contributed by atoms with E-state index in [0.29, 0.717) is 54.4 Å². The maximum Gasteiger partial charge on any atom is 0.333 e. The second-order valence-corrected chi connectivity index (χ2v) is 14.9. The third-order valence-corrected chi connectivity index (χ3v) is 11.9. The fourth-order valence-corrected chi connectivity index (χ4v) is 9.46. The van der Waals surface area contributed by atoms with Crippen LogP contribution in [0.2, 0.25) is 0 Å². The van der Waals surface area contributed by atoms with Crippen LogP contribution in [0, 0.1) is 52.8 Å². The highest BCUT2D eigenvalue weighted by Crippen LogP contribution is 2.60. The van der Waals surface area contributed by atoms with Gasteiger partial charge in [0.2, 0.25) is 0 Å². The van der Waals surface area contributed by atoms with E-state index in [4.69, 9.17) is 4.74 Å². The monoisotopic (exact) mass is 570 g/mol. The minimum absolute atomic E-state index is 0.0146. The quantitative estimate of drug-likeness (QED) is 0.205. The molecule has 4 fully saturated rings. The van der Waals surface area contributed by atoms with E-state index in [1.54, 1.807) is 0 Å². The number of cyclic esters (lactones) is 1. The number of aliphatic hydroxyl groups excluding tert-OH is 3. The molecule has 1 heterocycles. The number of rotatable bonds is 9. The molecule has 0 radical (unpaired) electrons. The molecule has 4 rings (SSSR count). The number of fused-ring (bicyclic) bond motifs is 1. The Balaban J connectivity index is 1.47. The Labute approximate surface area is 249 Å². The highest BCUT2D eigenvalue weighted by Gasteiger charge is 2.52. The molecule has 0 bridgehead atoms. The molecule has 5 heteroatoms. The summed E-state index contributed by atoms with van der Waals surface area (Å²) < 4.78 is 6.05. The summed E-state index contributed by atoms with van der Waals surface area (Å²) in [5, 5.41) is 30.9. The van der Waals surface area contributed by atoms with Crippen LogP contribution in [0.5, 0.6) is 0 Å². The molecular formula is C36H58O5. The molecule has 232 valence electrons. The predicted octanol–water partition coefficient (Wildman–Crippen LogP) is 7.01. The molecule has 3 saturated carbocycles. The Morgan fingerprint density at radius 3 is 2.44 bits per heavy atom. The predicted molar refractivity (Wildman–Crippen MR) is 165 cm³/mol. The zero-order valence-electron chi connectivity index (χ0n) is 26.6. The average Bonchev–Trinajstić information content (AvgIpc) is 3.28. The molecule has 11 atom stereocenters. The van der Waals surface area contributed by atoms with E-state index in [2.05, 4.69) is 60.3 Å². The van der Waals surface area contributed by atoms with Crippen molar-refractivity contribution in [3.05, 3.63) is 35.5 Å². The molecule has 0 aromatic carbocycles. The van der Waals surface area contributed by atoms with Crippen LogP contribution in [0.1, 0.15) is 106 Å². The molecule has 5 nitrogen and oxygen atoms in total. The van der Waals surface area contributed by atoms with Crippen molar-refractivity contribution in [3.63, 3.8) is 0 Å². The molecule has 0 aromatic heterocycles. The standard InChI is InChI=1S/C36H58O5/c1-21(2)18-29-23(4)24(5)35(40)41-33(29)19-22(3)30-14-15-31-26(10-8-16-36(30,31)7)12-13-27-20-32(38)28(11-9-17-37)34(39)25(27)6/h12-13,21-23,25,28-34,37-39H,5,8-11,14-20H2,1-4,6-7H3/b26-12+,27-13-/t22-,23-,25?,28+,29-,30-,31+,32-,33+,34-,36-/m1/s1. The fraction of sp³-hybridized carbons (Fsp3) is 0.806. The van der Waals surface area contributed by atoms with Gasteiger partial charge in [0.25, 0.3) is 0 Å². The van der Waals surface area contributed by atoms with Crippen LogP contribution in [0.15, 0.2) is 35.5 Å². The third kappa shape index (κ3) is 6.73. The molecule has 0 aromatic rings. The van der Waals surface area contributed by atoms with E-state index in [1.807, 2.05) is 0 Å². The first-order valence-electron chi connectivity index (χ1n) is 16.6. The summed E-state index contributed by atoms with van der Waals surface area (Å²) in [7, 11) is 0. The lowest BCUT2D eigenvalue weighted by Crippen LogP contribution is -2.43. The van der Waals surface area contributed by atoms with Crippen molar-refractivity contribution in [2.24, 2.45) is 52.8 Å². The van der Waals surface area contributed by atoms with Crippen molar-refractivity contribution >= 4 is 5.97 Å². The lowest BCUT2D eigenvalue weighted by Gasteiger charge is -2.46. The summed E-state index contributed by atoms with van der Waals surface area (Å²) in [6, 6.07) is 0. The molecule has 1 saturated heterocycles. The van der Waals surface area contributed by atoms with Crippen molar-refractivity contribution in [1.82, 2.24) is 0 Å². The van der Waals surface area contributed by atoms with Gasteiger partial charge in [-0.15, -0.1) is 0 Å². The zero-order valence-corrected chi connectivity index (χ0v) is 26.6. The van der Waals surface area contributed by atoms with Crippen molar-refractivity contribution < 1.29 is 24.9 Å². The van der Waals surface area contributed by atoms with Gasteiger partial charge in [-0.3, -0.25) is 0 Å². The summed E-state index contributed by atoms with van der Waals surface area (Å²) in [5.41, 5.74) is 3.55. The van der Waals surface area contributed by atoms with Crippen LogP contribution in [-0.4, -0.2) is 46.2 Å². The SMILES string of the molecule is C=C1C(=O)O[C@@H](C[C@@H](C)[C@H]2CC[C@H]3/C(=C/C=C4/C[C@@H](O)[C@H](CCCO)[C@H](O)C4C)CCC[C@]23C)[C@H](CC(C)C)[C@@H]1C. The van der Waals surface area contributed by atoms with Gasteiger partial charge in [0.1, 0.15) is 6.10 Å². The Morgan fingerprint density at radius 2 is 1.76 bits per heavy atom. The number of allylic oxidation sites excluding steroid dienone is 3. The first-order chi connectivity index (χ1) is 19.4. The Bertz CT molecular complexity index is 996. The molecule has 0 amide bonds. The van der Waals surface area contributed by atoms with E-state index < -0.39 is 12.2 Å². The van der Waals surface area contributed by atoms with Gasteiger partial charge in [0, 0.05) is 29.9 Å². The third-order valence-electron chi connectivity index (χ3n) is 11.9. The Hall–Kier alpha value is -1.43. The van der Waals surface area contributed by atoms with Gasteiger partial charge >= 0.3 is 5.97 Å². The topological polar surface area (TPSA) is 87.0 Å². The van der Waals surface area contributed by atoms with Gasteiger partial charge in [-0.2, -0.15) is 0 Å². The van der Waals surface area contributed by atoms with E-state index in [0.717, 1.165) is 24.8 Å². The van der Waals surface area contributed by atoms with Crippen LogP contribution in [0.25, 0.3) is 0 Å². The normalized spacial score (nSPS) is 42.5. The van der Waals surface area contributed by atoms with Gasteiger partial charge in [-0.25, -0.2) is 4.79 Å².